The van der Waals surface area contributed by atoms with Gasteiger partial charge in [-0.1, -0.05) is 12.2 Å². The lowest BCUT2D eigenvalue weighted by molar-refractivity contribution is -0.384. The van der Waals surface area contributed by atoms with Gasteiger partial charge in [-0.05, 0) is 6.92 Å². The zero-order valence-corrected chi connectivity index (χ0v) is 9.07. The minimum atomic E-state index is -0.518. The molecule has 0 unspecified atom stereocenters. The fourth-order valence-electron chi connectivity index (χ4n) is 1.20. The SMILES string of the molecule is Cc1c(C=CCS)cnc(N)c1[N+](=O)[O-]. The molecule has 0 fully saturated rings. The Morgan fingerprint density at radius 3 is 2.93 bits per heavy atom. The van der Waals surface area contributed by atoms with Gasteiger partial charge in [0.15, 0.2) is 0 Å². The number of hydrogen-bond donors (Lipinski definition) is 2. The van der Waals surface area contributed by atoms with Crippen LogP contribution in [0.15, 0.2) is 12.3 Å². The zero-order valence-electron chi connectivity index (χ0n) is 8.17. The number of pyridine rings is 1. The van der Waals surface area contributed by atoms with E-state index in [2.05, 4.69) is 17.6 Å². The number of nitrogens with two attached hydrogens (primary N) is 1. The largest absolute Gasteiger partial charge is 0.378 e. The summed E-state index contributed by atoms with van der Waals surface area (Å²) < 4.78 is 0. The molecule has 0 saturated carbocycles. The van der Waals surface area contributed by atoms with Crippen LogP contribution in [0, 0.1) is 17.0 Å². The number of hydrogen-bond acceptors (Lipinski definition) is 5. The summed E-state index contributed by atoms with van der Waals surface area (Å²) in [4.78, 5) is 14.0. The van der Waals surface area contributed by atoms with E-state index >= 15 is 0 Å². The molecule has 2 N–H and O–H groups in total. The second kappa shape index (κ2) is 4.79. The molecule has 0 aliphatic carbocycles. The van der Waals surface area contributed by atoms with Gasteiger partial charge in [-0.2, -0.15) is 12.6 Å². The van der Waals surface area contributed by atoms with Crippen LogP contribution >= 0.6 is 12.6 Å². The average molecular weight is 225 g/mol. The predicted octanol–water partition coefficient (Wildman–Crippen LogP) is 1.82. The molecule has 0 aromatic carbocycles. The van der Waals surface area contributed by atoms with Crippen LogP contribution in [0.3, 0.4) is 0 Å². The number of nitrogens with zero attached hydrogens (tertiary/aromatic N) is 2. The molecular formula is C9H11N3O2S. The Kier molecular flexibility index (Phi) is 3.68. The molecule has 0 bridgehead atoms. The average Bonchev–Trinajstić information content (AvgIpc) is 2.16. The normalized spacial score (nSPS) is 10.8. The fraction of sp³-hybridized carbons (Fsp3) is 0.222. The van der Waals surface area contributed by atoms with Gasteiger partial charge in [-0.3, -0.25) is 10.1 Å². The molecule has 6 heteroatoms. The highest BCUT2D eigenvalue weighted by Gasteiger charge is 2.18. The monoisotopic (exact) mass is 225 g/mol. The first kappa shape index (κ1) is 11.5. The van der Waals surface area contributed by atoms with E-state index in [1.54, 1.807) is 19.1 Å². The number of nitro groups is 1. The zero-order chi connectivity index (χ0) is 11.4. The lowest BCUT2D eigenvalue weighted by Crippen LogP contribution is -2.02. The number of rotatable bonds is 3. The van der Waals surface area contributed by atoms with Crippen LogP contribution in [-0.4, -0.2) is 15.7 Å². The maximum Gasteiger partial charge on any atom is 0.314 e. The first-order valence-corrected chi connectivity index (χ1v) is 4.88. The quantitative estimate of drug-likeness (QED) is 0.467. The van der Waals surface area contributed by atoms with E-state index < -0.39 is 4.92 Å². The van der Waals surface area contributed by atoms with Crippen LogP contribution in [0.1, 0.15) is 11.1 Å². The molecule has 0 aliphatic rings. The van der Waals surface area contributed by atoms with E-state index in [1.807, 2.05) is 0 Å². The van der Waals surface area contributed by atoms with Crippen molar-refractivity contribution in [3.05, 3.63) is 33.5 Å². The molecule has 1 aromatic heterocycles. The second-order valence-electron chi connectivity index (χ2n) is 2.91. The van der Waals surface area contributed by atoms with Crippen LogP contribution in [-0.2, 0) is 0 Å². The van der Waals surface area contributed by atoms with E-state index in [4.69, 9.17) is 5.73 Å². The Hall–Kier alpha value is -1.56. The van der Waals surface area contributed by atoms with Crippen molar-refractivity contribution >= 4 is 30.2 Å². The smallest absolute Gasteiger partial charge is 0.314 e. The third-order valence-electron chi connectivity index (χ3n) is 1.96. The Morgan fingerprint density at radius 2 is 2.40 bits per heavy atom. The van der Waals surface area contributed by atoms with Crippen molar-refractivity contribution in [1.82, 2.24) is 4.98 Å². The molecule has 0 amide bonds. The van der Waals surface area contributed by atoms with Crippen LogP contribution < -0.4 is 5.73 Å². The minimum absolute atomic E-state index is 0.0551. The van der Waals surface area contributed by atoms with Crippen molar-refractivity contribution in [3.8, 4) is 0 Å². The molecule has 0 aliphatic heterocycles. The van der Waals surface area contributed by atoms with Gasteiger partial charge in [0.1, 0.15) is 0 Å². The summed E-state index contributed by atoms with van der Waals surface area (Å²) in [5, 5.41) is 10.7. The van der Waals surface area contributed by atoms with Crippen LogP contribution in [0.5, 0.6) is 0 Å². The third-order valence-corrected chi connectivity index (χ3v) is 2.17. The summed E-state index contributed by atoms with van der Waals surface area (Å²) in [6, 6.07) is 0. The molecule has 0 saturated heterocycles. The number of thiol groups is 1. The first-order chi connectivity index (χ1) is 7.07. The summed E-state index contributed by atoms with van der Waals surface area (Å²) in [6.07, 6.45) is 5.03. The summed E-state index contributed by atoms with van der Waals surface area (Å²) in [5.41, 5.74) is 6.50. The van der Waals surface area contributed by atoms with Crippen molar-refractivity contribution in [1.29, 1.82) is 0 Å². The van der Waals surface area contributed by atoms with Gasteiger partial charge in [0.05, 0.1) is 4.92 Å². The van der Waals surface area contributed by atoms with Gasteiger partial charge < -0.3 is 5.73 Å². The maximum atomic E-state index is 10.7. The molecule has 0 atom stereocenters. The minimum Gasteiger partial charge on any atom is -0.378 e. The second-order valence-corrected chi connectivity index (χ2v) is 3.28. The molecule has 1 rings (SSSR count). The summed E-state index contributed by atoms with van der Waals surface area (Å²) in [7, 11) is 0. The van der Waals surface area contributed by atoms with Gasteiger partial charge >= 0.3 is 5.69 Å². The highest BCUT2D eigenvalue weighted by atomic mass is 32.1. The summed E-state index contributed by atoms with van der Waals surface area (Å²) in [6.45, 7) is 1.65. The van der Waals surface area contributed by atoms with Crippen LogP contribution in [0.25, 0.3) is 6.08 Å². The van der Waals surface area contributed by atoms with Crippen molar-refractivity contribution in [3.63, 3.8) is 0 Å². The van der Waals surface area contributed by atoms with Gasteiger partial charge in [-0.25, -0.2) is 4.98 Å². The van der Waals surface area contributed by atoms with Gasteiger partial charge in [0, 0.05) is 23.1 Å². The van der Waals surface area contributed by atoms with Gasteiger partial charge in [-0.15, -0.1) is 0 Å². The lowest BCUT2D eigenvalue weighted by atomic mass is 10.1. The van der Waals surface area contributed by atoms with Crippen molar-refractivity contribution in [2.24, 2.45) is 0 Å². The van der Waals surface area contributed by atoms with E-state index in [0.29, 0.717) is 16.9 Å². The number of aromatic nitrogens is 1. The van der Waals surface area contributed by atoms with Crippen LogP contribution in [0.2, 0.25) is 0 Å². The molecule has 0 radical (unpaired) electrons. The Balaban J connectivity index is 3.28. The highest BCUT2D eigenvalue weighted by molar-refractivity contribution is 7.80. The Labute approximate surface area is 92.6 Å². The number of anilines is 1. The Morgan fingerprint density at radius 1 is 1.73 bits per heavy atom. The van der Waals surface area contributed by atoms with Gasteiger partial charge in [0.25, 0.3) is 0 Å². The molecule has 15 heavy (non-hydrogen) atoms. The first-order valence-electron chi connectivity index (χ1n) is 4.24. The molecule has 1 aromatic rings. The third kappa shape index (κ3) is 2.47. The fourth-order valence-corrected chi connectivity index (χ4v) is 1.31. The maximum absolute atomic E-state index is 10.7. The topological polar surface area (TPSA) is 82.0 Å². The van der Waals surface area contributed by atoms with E-state index in [9.17, 15) is 10.1 Å². The van der Waals surface area contributed by atoms with E-state index in [0.717, 1.165) is 0 Å². The standard InChI is InChI=1S/C9H11N3O2S/c1-6-7(3-2-4-15)5-11-9(10)8(6)12(13)14/h2-3,5,15H,4H2,1H3,(H2,10,11). The van der Waals surface area contributed by atoms with Crippen LogP contribution in [0.4, 0.5) is 11.5 Å². The van der Waals surface area contributed by atoms with Gasteiger partial charge in [0.2, 0.25) is 5.82 Å². The molecule has 0 spiro atoms. The van der Waals surface area contributed by atoms with E-state index in [1.165, 1.54) is 6.20 Å². The summed E-state index contributed by atoms with van der Waals surface area (Å²) in [5.74, 6) is 0.512. The number of nitrogen functional groups attached to an aromatic ring is 1. The Bertz CT molecular complexity index is 418. The highest BCUT2D eigenvalue weighted by Crippen LogP contribution is 2.26. The van der Waals surface area contributed by atoms with Crippen molar-refractivity contribution in [2.75, 3.05) is 11.5 Å². The van der Waals surface area contributed by atoms with Crippen molar-refractivity contribution < 1.29 is 4.92 Å². The predicted molar refractivity (Wildman–Crippen MR) is 62.9 cm³/mol. The molecule has 5 nitrogen and oxygen atoms in total. The molecule has 1 heterocycles. The van der Waals surface area contributed by atoms with E-state index in [-0.39, 0.29) is 11.5 Å². The lowest BCUT2D eigenvalue weighted by Gasteiger charge is -2.03. The molecular weight excluding hydrogens is 214 g/mol. The molecule has 80 valence electrons. The summed E-state index contributed by atoms with van der Waals surface area (Å²) >= 11 is 4.01. The van der Waals surface area contributed by atoms with Crippen molar-refractivity contribution in [2.45, 2.75) is 6.92 Å².